The van der Waals surface area contributed by atoms with Gasteiger partial charge in [0.25, 0.3) is 5.91 Å². The number of rotatable bonds is 3. The van der Waals surface area contributed by atoms with Crippen molar-refractivity contribution in [1.82, 2.24) is 15.1 Å². The minimum atomic E-state index is -0.447. The predicted octanol–water partition coefficient (Wildman–Crippen LogP) is 2.97. The van der Waals surface area contributed by atoms with Gasteiger partial charge in [0.15, 0.2) is 0 Å². The lowest BCUT2D eigenvalue weighted by atomic mass is 10.0. The van der Waals surface area contributed by atoms with Gasteiger partial charge < -0.3 is 19.9 Å². The molecule has 10 heteroatoms. The van der Waals surface area contributed by atoms with Crippen LogP contribution in [0.25, 0.3) is 0 Å². The zero-order chi connectivity index (χ0) is 23.8. The highest BCUT2D eigenvalue weighted by atomic mass is 35.5. The van der Waals surface area contributed by atoms with Crippen molar-refractivity contribution in [2.45, 2.75) is 12.1 Å². The summed E-state index contributed by atoms with van der Waals surface area (Å²) >= 11 is 12.6. The van der Waals surface area contributed by atoms with Crippen LogP contribution in [0.15, 0.2) is 36.4 Å². The molecule has 0 aromatic heterocycles. The highest BCUT2D eigenvalue weighted by Crippen LogP contribution is 2.32. The van der Waals surface area contributed by atoms with Gasteiger partial charge >= 0.3 is 0 Å². The summed E-state index contributed by atoms with van der Waals surface area (Å²) in [6.07, 6.45) is -0.190. The van der Waals surface area contributed by atoms with Crippen LogP contribution in [0.5, 0.6) is 0 Å². The van der Waals surface area contributed by atoms with Crippen LogP contribution in [0.3, 0.4) is 0 Å². The Hall–Kier alpha value is -2.39. The molecule has 5 rings (SSSR count). The molecule has 180 valence electrons. The van der Waals surface area contributed by atoms with E-state index in [9.17, 15) is 14.0 Å². The average molecular weight is 507 g/mol. The molecular formula is C24H25Cl2FN4O3. The smallest absolute Gasteiger partial charge is 0.255 e. The van der Waals surface area contributed by atoms with E-state index < -0.39 is 5.82 Å². The van der Waals surface area contributed by atoms with Crippen molar-refractivity contribution in [3.63, 3.8) is 0 Å². The molecule has 3 aliphatic rings. The first-order chi connectivity index (χ1) is 16.4. The van der Waals surface area contributed by atoms with Crippen molar-refractivity contribution in [1.29, 1.82) is 0 Å². The van der Waals surface area contributed by atoms with Gasteiger partial charge in [0, 0.05) is 39.3 Å². The van der Waals surface area contributed by atoms with E-state index in [4.69, 9.17) is 27.9 Å². The molecule has 0 unspecified atom stereocenters. The third-order valence-corrected chi connectivity index (χ3v) is 7.37. The number of hydrogen-bond acceptors (Lipinski definition) is 5. The molecule has 1 N–H and O–H groups in total. The van der Waals surface area contributed by atoms with Crippen LogP contribution in [-0.2, 0) is 9.53 Å². The third-order valence-electron chi connectivity index (χ3n) is 6.69. The highest BCUT2D eigenvalue weighted by molar-refractivity contribution is 6.36. The Labute approximate surface area is 207 Å². The van der Waals surface area contributed by atoms with Gasteiger partial charge in [-0.25, -0.2) is 4.39 Å². The highest BCUT2D eigenvalue weighted by Gasteiger charge is 2.36. The number of carbonyl (C=O) groups is 2. The van der Waals surface area contributed by atoms with Crippen molar-refractivity contribution < 1.29 is 18.7 Å². The molecule has 3 fully saturated rings. The maximum atomic E-state index is 13.5. The van der Waals surface area contributed by atoms with Gasteiger partial charge in [0.2, 0.25) is 5.91 Å². The van der Waals surface area contributed by atoms with Crippen LogP contribution >= 0.6 is 23.2 Å². The number of morpholine rings is 1. The standard InChI is InChI=1S/C24H25Cl2FN4O3/c25-18-10-15(4-5-19(18)27)21-12-29-8-9-31(11-16(29)14-34-21)24(33)17-2-1-3-20(23(17)26)30-7-6-28-22(32)13-30/h1-5,10,16,21H,6-9,11-14H2,(H,28,32)/t16-,21-/m0/s1. The lowest BCUT2D eigenvalue weighted by molar-refractivity contribution is -0.120. The molecule has 0 spiro atoms. The van der Waals surface area contributed by atoms with E-state index >= 15 is 0 Å². The molecule has 0 aliphatic carbocycles. The molecule has 34 heavy (non-hydrogen) atoms. The second-order valence-corrected chi connectivity index (χ2v) is 9.59. The number of carbonyl (C=O) groups excluding carboxylic acids is 2. The number of nitrogens with zero attached hydrogens (tertiary/aromatic N) is 3. The summed E-state index contributed by atoms with van der Waals surface area (Å²) in [5.74, 6) is -0.633. The molecule has 0 bridgehead atoms. The number of fused-ring (bicyclic) bond motifs is 1. The number of hydrogen-bond donors (Lipinski definition) is 1. The summed E-state index contributed by atoms with van der Waals surface area (Å²) in [6, 6.07) is 10.1. The second kappa shape index (κ2) is 9.70. The Morgan fingerprint density at radius 1 is 1.12 bits per heavy atom. The van der Waals surface area contributed by atoms with Crippen LogP contribution in [-0.4, -0.2) is 80.1 Å². The fraction of sp³-hybridized carbons (Fsp3) is 0.417. The fourth-order valence-electron chi connectivity index (χ4n) is 4.83. The van der Waals surface area contributed by atoms with Crippen LogP contribution in [0.4, 0.5) is 10.1 Å². The lowest BCUT2D eigenvalue weighted by Gasteiger charge is -2.46. The summed E-state index contributed by atoms with van der Waals surface area (Å²) in [4.78, 5) is 31.2. The summed E-state index contributed by atoms with van der Waals surface area (Å²) in [5.41, 5.74) is 1.98. The van der Waals surface area contributed by atoms with E-state index in [-0.39, 0.29) is 35.5 Å². The van der Waals surface area contributed by atoms with Crippen LogP contribution < -0.4 is 10.2 Å². The number of benzene rings is 2. The molecule has 2 aromatic carbocycles. The van der Waals surface area contributed by atoms with Gasteiger partial charge in [-0.15, -0.1) is 0 Å². The maximum absolute atomic E-state index is 13.5. The largest absolute Gasteiger partial charge is 0.370 e. The van der Waals surface area contributed by atoms with E-state index in [1.807, 2.05) is 15.9 Å². The van der Waals surface area contributed by atoms with Gasteiger partial charge in [0.1, 0.15) is 5.82 Å². The topological polar surface area (TPSA) is 65.1 Å². The normalized spacial score (nSPS) is 23.4. The zero-order valence-electron chi connectivity index (χ0n) is 18.5. The number of piperazine rings is 2. The minimum absolute atomic E-state index is 0.0614. The van der Waals surface area contributed by atoms with Crippen molar-refractivity contribution in [2.24, 2.45) is 0 Å². The van der Waals surface area contributed by atoms with Crippen molar-refractivity contribution in [3.05, 3.63) is 63.4 Å². The quantitative estimate of drug-likeness (QED) is 0.693. The molecule has 7 nitrogen and oxygen atoms in total. The van der Waals surface area contributed by atoms with Crippen molar-refractivity contribution in [3.8, 4) is 0 Å². The lowest BCUT2D eigenvalue weighted by Crippen LogP contribution is -2.59. The Morgan fingerprint density at radius 3 is 2.76 bits per heavy atom. The summed E-state index contributed by atoms with van der Waals surface area (Å²) in [6.45, 7) is 4.32. The number of halogens is 3. The Bertz CT molecular complexity index is 1120. The van der Waals surface area contributed by atoms with Crippen molar-refractivity contribution >= 4 is 40.7 Å². The maximum Gasteiger partial charge on any atom is 0.255 e. The first-order valence-corrected chi connectivity index (χ1v) is 12.1. The number of amides is 2. The van der Waals surface area contributed by atoms with Gasteiger partial charge in [-0.05, 0) is 29.8 Å². The van der Waals surface area contributed by atoms with Gasteiger partial charge in [0.05, 0.1) is 46.6 Å². The fourth-order valence-corrected chi connectivity index (χ4v) is 5.34. The summed E-state index contributed by atoms with van der Waals surface area (Å²) in [7, 11) is 0. The number of anilines is 1. The summed E-state index contributed by atoms with van der Waals surface area (Å²) < 4.78 is 19.6. The van der Waals surface area contributed by atoms with E-state index in [0.717, 1.165) is 5.56 Å². The Kier molecular flexibility index (Phi) is 6.66. The van der Waals surface area contributed by atoms with Crippen LogP contribution in [0.1, 0.15) is 22.0 Å². The molecule has 2 atom stereocenters. The van der Waals surface area contributed by atoms with E-state index in [2.05, 4.69) is 10.2 Å². The Balaban J connectivity index is 1.26. The SMILES string of the molecule is O=C1CN(c2cccc(C(=O)N3CCN4C[C@@H](c5ccc(F)c(Cl)c5)OC[C@@H]4C3)c2Cl)CCN1. The molecule has 3 aliphatic heterocycles. The molecule has 0 radical (unpaired) electrons. The van der Waals surface area contributed by atoms with E-state index in [1.165, 1.54) is 6.07 Å². The molecule has 2 aromatic rings. The minimum Gasteiger partial charge on any atom is -0.370 e. The van der Waals surface area contributed by atoms with E-state index in [1.54, 1.807) is 24.3 Å². The molecule has 3 heterocycles. The first-order valence-electron chi connectivity index (χ1n) is 11.3. The van der Waals surface area contributed by atoms with Crippen LogP contribution in [0, 0.1) is 5.82 Å². The Morgan fingerprint density at radius 2 is 1.97 bits per heavy atom. The molecule has 3 saturated heterocycles. The van der Waals surface area contributed by atoms with Crippen molar-refractivity contribution in [2.75, 3.05) is 57.3 Å². The van der Waals surface area contributed by atoms with Gasteiger partial charge in [-0.2, -0.15) is 0 Å². The van der Waals surface area contributed by atoms with Gasteiger partial charge in [-0.1, -0.05) is 35.3 Å². The second-order valence-electron chi connectivity index (χ2n) is 8.81. The molecule has 2 amide bonds. The monoisotopic (exact) mass is 506 g/mol. The third kappa shape index (κ3) is 4.60. The first kappa shape index (κ1) is 23.4. The number of nitrogens with one attached hydrogen (secondary N) is 1. The number of ether oxygens (including phenoxy) is 1. The van der Waals surface area contributed by atoms with Crippen LogP contribution in [0.2, 0.25) is 10.0 Å². The van der Waals surface area contributed by atoms with Gasteiger partial charge in [-0.3, -0.25) is 14.5 Å². The zero-order valence-corrected chi connectivity index (χ0v) is 20.0. The molecule has 0 saturated carbocycles. The average Bonchev–Trinajstić information content (AvgIpc) is 2.85. The summed E-state index contributed by atoms with van der Waals surface area (Å²) in [5, 5.41) is 3.26. The molecular weight excluding hydrogens is 482 g/mol. The predicted molar refractivity (Wildman–Crippen MR) is 128 cm³/mol. The van der Waals surface area contributed by atoms with E-state index in [0.29, 0.717) is 62.1 Å².